The molecule has 1 aliphatic heterocycles. The van der Waals surface area contributed by atoms with Crippen LogP contribution in [0.2, 0.25) is 0 Å². The fourth-order valence-corrected chi connectivity index (χ4v) is 4.03. The number of benzene rings is 1. The lowest BCUT2D eigenvalue weighted by Gasteiger charge is -2.28. The van der Waals surface area contributed by atoms with E-state index >= 15 is 0 Å². The highest BCUT2D eigenvalue weighted by Gasteiger charge is 2.25. The minimum absolute atomic E-state index is 0.443. The lowest BCUT2D eigenvalue weighted by atomic mass is 9.96. The summed E-state index contributed by atoms with van der Waals surface area (Å²) in [5.41, 5.74) is 10.1. The topological polar surface area (TPSA) is 75.2 Å². The van der Waals surface area contributed by atoms with Crippen molar-refractivity contribution in [2.45, 2.75) is 18.8 Å². The number of nitrogens with zero attached hydrogens (tertiary/aromatic N) is 4. The van der Waals surface area contributed by atoms with Crippen LogP contribution in [0.3, 0.4) is 0 Å². The van der Waals surface area contributed by atoms with E-state index in [9.17, 15) is 0 Å². The molecule has 4 aromatic rings. The smallest absolute Gasteiger partial charge is 0.150 e. The standard InChI is InChI=1S/C20H22N6/c1-25-9-6-13(7-10-25)20-24-17(18-19(21)22-8-11-26(18)20)16-12-14-4-2-3-5-15(14)23-16/h2-5,8,11-13,23H,6-7,9-10H2,1H3,(H2,21,22). The van der Waals surface area contributed by atoms with E-state index in [1.807, 2.05) is 18.3 Å². The molecule has 1 aliphatic rings. The Labute approximate surface area is 151 Å². The Kier molecular flexibility index (Phi) is 3.46. The minimum atomic E-state index is 0.443. The number of nitrogen functional groups attached to an aromatic ring is 1. The number of aromatic amines is 1. The average molecular weight is 346 g/mol. The van der Waals surface area contributed by atoms with Crippen molar-refractivity contribution in [1.29, 1.82) is 0 Å². The van der Waals surface area contributed by atoms with E-state index in [-0.39, 0.29) is 0 Å². The van der Waals surface area contributed by atoms with E-state index in [0.29, 0.717) is 11.7 Å². The van der Waals surface area contributed by atoms with Crippen molar-refractivity contribution >= 4 is 22.2 Å². The molecule has 4 heterocycles. The van der Waals surface area contributed by atoms with E-state index < -0.39 is 0 Å². The average Bonchev–Trinajstić information content (AvgIpc) is 3.24. The van der Waals surface area contributed by atoms with Crippen molar-refractivity contribution in [2.24, 2.45) is 0 Å². The largest absolute Gasteiger partial charge is 0.382 e. The first-order chi connectivity index (χ1) is 12.7. The molecule has 0 bridgehead atoms. The van der Waals surface area contributed by atoms with E-state index in [1.54, 1.807) is 6.20 Å². The lowest BCUT2D eigenvalue weighted by molar-refractivity contribution is 0.251. The summed E-state index contributed by atoms with van der Waals surface area (Å²) < 4.78 is 2.14. The number of hydrogen-bond acceptors (Lipinski definition) is 4. The molecule has 132 valence electrons. The first-order valence-electron chi connectivity index (χ1n) is 9.10. The summed E-state index contributed by atoms with van der Waals surface area (Å²) in [6, 6.07) is 10.4. The number of likely N-dealkylation sites (tertiary alicyclic amines) is 1. The van der Waals surface area contributed by atoms with Crippen molar-refractivity contribution in [1.82, 2.24) is 24.3 Å². The lowest BCUT2D eigenvalue weighted by Crippen LogP contribution is -2.29. The number of piperidine rings is 1. The van der Waals surface area contributed by atoms with Gasteiger partial charge in [-0.1, -0.05) is 18.2 Å². The number of nitrogens with two attached hydrogens (primary N) is 1. The van der Waals surface area contributed by atoms with Crippen LogP contribution in [0.25, 0.3) is 27.8 Å². The zero-order chi connectivity index (χ0) is 17.7. The number of H-pyrrole nitrogens is 1. The summed E-state index contributed by atoms with van der Waals surface area (Å²) in [4.78, 5) is 15.2. The molecule has 0 amide bonds. The minimum Gasteiger partial charge on any atom is -0.382 e. The molecule has 6 heteroatoms. The van der Waals surface area contributed by atoms with Gasteiger partial charge < -0.3 is 15.6 Å². The molecular formula is C20H22N6. The highest BCUT2D eigenvalue weighted by Crippen LogP contribution is 2.34. The highest BCUT2D eigenvalue weighted by molar-refractivity contribution is 5.91. The van der Waals surface area contributed by atoms with Crippen LogP contribution in [-0.2, 0) is 0 Å². The molecule has 5 rings (SSSR count). The molecular weight excluding hydrogens is 324 g/mol. The third kappa shape index (κ3) is 2.37. The third-order valence-electron chi connectivity index (χ3n) is 5.48. The Morgan fingerprint density at radius 2 is 2.00 bits per heavy atom. The molecule has 1 aromatic carbocycles. The number of imidazole rings is 1. The van der Waals surface area contributed by atoms with Gasteiger partial charge in [0.25, 0.3) is 0 Å². The molecule has 3 N–H and O–H groups in total. The Morgan fingerprint density at radius 3 is 2.81 bits per heavy atom. The molecule has 6 nitrogen and oxygen atoms in total. The molecule has 0 aliphatic carbocycles. The second kappa shape index (κ2) is 5.85. The van der Waals surface area contributed by atoms with Gasteiger partial charge >= 0.3 is 0 Å². The summed E-state index contributed by atoms with van der Waals surface area (Å²) in [5, 5.41) is 1.17. The van der Waals surface area contributed by atoms with Gasteiger partial charge in [0.15, 0.2) is 0 Å². The van der Waals surface area contributed by atoms with E-state index in [0.717, 1.165) is 54.2 Å². The number of para-hydroxylation sites is 1. The molecule has 26 heavy (non-hydrogen) atoms. The summed E-state index contributed by atoms with van der Waals surface area (Å²) >= 11 is 0. The van der Waals surface area contributed by atoms with E-state index in [2.05, 4.69) is 44.5 Å². The molecule has 1 saturated heterocycles. The van der Waals surface area contributed by atoms with Crippen LogP contribution in [0.4, 0.5) is 5.82 Å². The van der Waals surface area contributed by atoms with Crippen LogP contribution in [0, 0.1) is 0 Å². The molecule has 1 fully saturated rings. The van der Waals surface area contributed by atoms with Crippen molar-refractivity contribution in [3.63, 3.8) is 0 Å². The summed E-state index contributed by atoms with van der Waals surface area (Å²) in [7, 11) is 2.18. The van der Waals surface area contributed by atoms with Gasteiger partial charge in [0.05, 0.1) is 5.69 Å². The van der Waals surface area contributed by atoms with Gasteiger partial charge in [-0.3, -0.25) is 4.40 Å². The van der Waals surface area contributed by atoms with Crippen LogP contribution >= 0.6 is 0 Å². The normalized spacial score (nSPS) is 16.7. The Balaban J connectivity index is 1.70. The van der Waals surface area contributed by atoms with Gasteiger partial charge in [0.1, 0.15) is 22.9 Å². The second-order valence-corrected chi connectivity index (χ2v) is 7.20. The number of hydrogen-bond donors (Lipinski definition) is 2. The maximum atomic E-state index is 6.26. The summed E-state index contributed by atoms with van der Waals surface area (Å²) in [5.74, 6) is 2.06. The van der Waals surface area contributed by atoms with Crippen LogP contribution < -0.4 is 5.73 Å². The van der Waals surface area contributed by atoms with Gasteiger partial charge in [0, 0.05) is 29.2 Å². The van der Waals surface area contributed by atoms with Gasteiger partial charge in [-0.15, -0.1) is 0 Å². The van der Waals surface area contributed by atoms with Gasteiger partial charge in [-0.05, 0) is 45.1 Å². The SMILES string of the molecule is CN1CCC(c2nc(-c3cc4ccccc4[nH]3)c3c(N)nccn23)CC1. The molecule has 3 aromatic heterocycles. The zero-order valence-corrected chi connectivity index (χ0v) is 14.8. The Morgan fingerprint density at radius 1 is 1.19 bits per heavy atom. The number of aromatic nitrogens is 4. The van der Waals surface area contributed by atoms with Gasteiger partial charge in [0.2, 0.25) is 0 Å². The number of anilines is 1. The third-order valence-corrected chi connectivity index (χ3v) is 5.48. The first-order valence-corrected chi connectivity index (χ1v) is 9.10. The Hall–Kier alpha value is -2.86. The quantitative estimate of drug-likeness (QED) is 0.584. The molecule has 0 atom stereocenters. The van der Waals surface area contributed by atoms with Gasteiger partial charge in [-0.25, -0.2) is 9.97 Å². The fourth-order valence-electron chi connectivity index (χ4n) is 4.03. The van der Waals surface area contributed by atoms with Gasteiger partial charge in [-0.2, -0.15) is 0 Å². The van der Waals surface area contributed by atoms with E-state index in [1.165, 1.54) is 5.39 Å². The maximum absolute atomic E-state index is 6.26. The Bertz CT molecular complexity index is 1050. The van der Waals surface area contributed by atoms with Crippen molar-refractivity contribution < 1.29 is 0 Å². The first kappa shape index (κ1) is 15.4. The molecule has 0 unspecified atom stereocenters. The highest BCUT2D eigenvalue weighted by atomic mass is 15.1. The fraction of sp³-hybridized carbons (Fsp3) is 0.300. The predicted octanol–water partition coefficient (Wildman–Crippen LogP) is 3.27. The molecule has 0 saturated carbocycles. The van der Waals surface area contributed by atoms with E-state index in [4.69, 9.17) is 10.7 Å². The molecule has 0 radical (unpaired) electrons. The summed E-state index contributed by atoms with van der Waals surface area (Å²) in [6.45, 7) is 2.20. The maximum Gasteiger partial charge on any atom is 0.150 e. The number of rotatable bonds is 2. The van der Waals surface area contributed by atoms with Crippen LogP contribution in [0.15, 0.2) is 42.7 Å². The van der Waals surface area contributed by atoms with Crippen LogP contribution in [0.5, 0.6) is 0 Å². The zero-order valence-electron chi connectivity index (χ0n) is 14.8. The van der Waals surface area contributed by atoms with Crippen LogP contribution in [-0.4, -0.2) is 44.4 Å². The second-order valence-electron chi connectivity index (χ2n) is 7.20. The number of nitrogens with one attached hydrogen (secondary N) is 1. The number of fused-ring (bicyclic) bond motifs is 2. The molecule has 0 spiro atoms. The predicted molar refractivity (Wildman–Crippen MR) is 104 cm³/mol. The monoisotopic (exact) mass is 346 g/mol. The van der Waals surface area contributed by atoms with Crippen molar-refractivity contribution in [2.75, 3.05) is 25.9 Å². The van der Waals surface area contributed by atoms with Crippen molar-refractivity contribution in [3.05, 3.63) is 48.5 Å². The summed E-state index contributed by atoms with van der Waals surface area (Å²) in [6.07, 6.45) is 5.98. The van der Waals surface area contributed by atoms with Crippen molar-refractivity contribution in [3.8, 4) is 11.4 Å². The van der Waals surface area contributed by atoms with Crippen LogP contribution in [0.1, 0.15) is 24.6 Å².